The van der Waals surface area contributed by atoms with Crippen LogP contribution in [0.4, 0.5) is 5.82 Å². The van der Waals surface area contributed by atoms with Crippen molar-refractivity contribution in [1.29, 1.82) is 0 Å². The van der Waals surface area contributed by atoms with Crippen LogP contribution in [-0.2, 0) is 13.6 Å². The van der Waals surface area contributed by atoms with Gasteiger partial charge in [0.25, 0.3) is 0 Å². The van der Waals surface area contributed by atoms with Crippen LogP contribution in [0.15, 0.2) is 29.8 Å². The number of amidine groups is 1. The normalized spacial score (nSPS) is 11.7. The van der Waals surface area contributed by atoms with E-state index in [0.29, 0.717) is 22.9 Å². The molecule has 20 heavy (non-hydrogen) atoms. The topological polar surface area (TPSA) is 92.6 Å². The minimum Gasteiger partial charge on any atom is -0.409 e. The summed E-state index contributed by atoms with van der Waals surface area (Å²) in [5.41, 5.74) is 6.01. The molecule has 0 aliphatic carbocycles. The van der Waals surface area contributed by atoms with Crippen molar-refractivity contribution in [2.45, 2.75) is 6.54 Å². The van der Waals surface area contributed by atoms with E-state index < -0.39 is 0 Å². The van der Waals surface area contributed by atoms with Gasteiger partial charge in [0.15, 0.2) is 5.84 Å². The van der Waals surface area contributed by atoms with Crippen LogP contribution in [0, 0.1) is 0 Å². The Hall–Kier alpha value is -2.28. The monoisotopic (exact) mass is 294 g/mol. The van der Waals surface area contributed by atoms with Gasteiger partial charge in [0.1, 0.15) is 11.6 Å². The fourth-order valence-electron chi connectivity index (χ4n) is 1.79. The highest BCUT2D eigenvalue weighted by molar-refractivity contribution is 6.36. The van der Waals surface area contributed by atoms with Gasteiger partial charge < -0.3 is 20.4 Å². The Kier molecular flexibility index (Phi) is 4.09. The zero-order valence-electron chi connectivity index (χ0n) is 11.2. The fourth-order valence-corrected chi connectivity index (χ4v) is 2.14. The Bertz CT molecular complexity index is 639. The minimum absolute atomic E-state index is 0.0518. The van der Waals surface area contributed by atoms with Gasteiger partial charge >= 0.3 is 0 Å². The highest BCUT2D eigenvalue weighted by Gasteiger charge is 2.15. The van der Waals surface area contributed by atoms with Gasteiger partial charge in [-0.3, -0.25) is 0 Å². The van der Waals surface area contributed by atoms with Gasteiger partial charge in [0.05, 0.1) is 11.6 Å². The molecule has 2 aromatic rings. The first kappa shape index (κ1) is 14.1. The number of pyridine rings is 1. The summed E-state index contributed by atoms with van der Waals surface area (Å²) in [4.78, 5) is 10.3. The average Bonchev–Trinajstić information content (AvgIpc) is 2.83. The lowest BCUT2D eigenvalue weighted by molar-refractivity contribution is 0.318. The quantitative estimate of drug-likeness (QED) is 0.382. The van der Waals surface area contributed by atoms with Crippen LogP contribution < -0.4 is 10.6 Å². The van der Waals surface area contributed by atoms with Gasteiger partial charge in [-0.25, -0.2) is 9.97 Å². The molecule has 2 rings (SSSR count). The smallest absolute Gasteiger partial charge is 0.171 e. The van der Waals surface area contributed by atoms with E-state index in [2.05, 4.69) is 15.1 Å². The van der Waals surface area contributed by atoms with Gasteiger partial charge in [0.2, 0.25) is 0 Å². The Morgan fingerprint density at radius 2 is 2.25 bits per heavy atom. The second-order valence-corrected chi connectivity index (χ2v) is 4.67. The predicted octanol–water partition coefficient (Wildman–Crippen LogP) is 1.20. The number of aryl methyl sites for hydroxylation is 1. The van der Waals surface area contributed by atoms with E-state index >= 15 is 0 Å². The molecule has 0 aromatic carbocycles. The standard InChI is InChI=1S/C12H15ClN6O/c1-18-6-5-15-9(18)7-19(2)12-10(13)8(3-4-16-12)11(14)17-20/h3-6,20H,7H2,1-2H3,(H2,14,17). The van der Waals surface area contributed by atoms with E-state index in [1.54, 1.807) is 18.5 Å². The molecule has 0 saturated carbocycles. The third-order valence-corrected chi connectivity index (χ3v) is 3.29. The van der Waals surface area contributed by atoms with Crippen molar-refractivity contribution in [3.63, 3.8) is 0 Å². The van der Waals surface area contributed by atoms with E-state index in [0.717, 1.165) is 5.82 Å². The van der Waals surface area contributed by atoms with Crippen molar-refractivity contribution in [2.24, 2.45) is 17.9 Å². The molecule has 0 spiro atoms. The first-order valence-corrected chi connectivity index (χ1v) is 6.22. The molecule has 0 unspecified atom stereocenters. The molecule has 0 radical (unpaired) electrons. The van der Waals surface area contributed by atoms with Crippen molar-refractivity contribution in [2.75, 3.05) is 11.9 Å². The SMILES string of the molecule is CN(Cc1nccn1C)c1nccc(/C(N)=N/O)c1Cl. The molecule has 106 valence electrons. The molecule has 0 amide bonds. The Morgan fingerprint density at radius 3 is 2.85 bits per heavy atom. The van der Waals surface area contributed by atoms with Crippen LogP contribution in [-0.4, -0.2) is 32.6 Å². The van der Waals surface area contributed by atoms with Crippen molar-refractivity contribution in [3.05, 3.63) is 41.1 Å². The number of anilines is 1. The van der Waals surface area contributed by atoms with Gasteiger partial charge in [-0.1, -0.05) is 16.8 Å². The first-order valence-electron chi connectivity index (χ1n) is 5.84. The molecule has 7 nitrogen and oxygen atoms in total. The zero-order valence-corrected chi connectivity index (χ0v) is 11.9. The maximum absolute atomic E-state index is 8.74. The van der Waals surface area contributed by atoms with Crippen LogP contribution in [0.25, 0.3) is 0 Å². The van der Waals surface area contributed by atoms with Crippen molar-refractivity contribution < 1.29 is 5.21 Å². The third kappa shape index (κ3) is 2.67. The van der Waals surface area contributed by atoms with Crippen LogP contribution >= 0.6 is 11.6 Å². The van der Waals surface area contributed by atoms with E-state index in [9.17, 15) is 0 Å². The molecule has 0 bridgehead atoms. The number of aromatic nitrogens is 3. The summed E-state index contributed by atoms with van der Waals surface area (Å²) < 4.78 is 1.91. The summed E-state index contributed by atoms with van der Waals surface area (Å²) in [5, 5.41) is 12.0. The molecule has 0 fully saturated rings. The second kappa shape index (κ2) is 5.79. The Morgan fingerprint density at radius 1 is 1.50 bits per heavy atom. The van der Waals surface area contributed by atoms with E-state index in [1.807, 2.05) is 29.8 Å². The summed E-state index contributed by atoms with van der Waals surface area (Å²) in [6.45, 7) is 0.538. The average molecular weight is 295 g/mol. The molecule has 2 heterocycles. The molecule has 0 aliphatic rings. The van der Waals surface area contributed by atoms with Gasteiger partial charge in [-0.05, 0) is 6.07 Å². The first-order chi connectivity index (χ1) is 9.54. The predicted molar refractivity (Wildman–Crippen MR) is 77.1 cm³/mol. The minimum atomic E-state index is -0.0518. The summed E-state index contributed by atoms with van der Waals surface area (Å²) in [7, 11) is 3.76. The number of halogens is 1. The Labute approximate surface area is 121 Å². The van der Waals surface area contributed by atoms with Gasteiger partial charge in [0, 0.05) is 38.2 Å². The highest BCUT2D eigenvalue weighted by atomic mass is 35.5. The van der Waals surface area contributed by atoms with E-state index in [1.165, 1.54) is 0 Å². The summed E-state index contributed by atoms with van der Waals surface area (Å²) >= 11 is 6.25. The van der Waals surface area contributed by atoms with Gasteiger partial charge in [-0.15, -0.1) is 0 Å². The zero-order chi connectivity index (χ0) is 14.7. The number of hydrogen-bond acceptors (Lipinski definition) is 5. The number of imidazole rings is 1. The molecule has 0 atom stereocenters. The van der Waals surface area contributed by atoms with E-state index in [-0.39, 0.29) is 5.84 Å². The molecular weight excluding hydrogens is 280 g/mol. The number of hydrogen-bond donors (Lipinski definition) is 2. The number of rotatable bonds is 4. The van der Waals surface area contributed by atoms with E-state index in [4.69, 9.17) is 22.5 Å². The second-order valence-electron chi connectivity index (χ2n) is 4.29. The summed E-state index contributed by atoms with van der Waals surface area (Å²) in [5.74, 6) is 1.36. The number of nitrogens with zero attached hydrogens (tertiary/aromatic N) is 5. The van der Waals surface area contributed by atoms with Crippen molar-refractivity contribution in [3.8, 4) is 0 Å². The number of nitrogens with two attached hydrogens (primary N) is 1. The molecule has 3 N–H and O–H groups in total. The van der Waals surface area contributed by atoms with Crippen LogP contribution in [0.3, 0.4) is 0 Å². The van der Waals surface area contributed by atoms with Crippen LogP contribution in [0.1, 0.15) is 11.4 Å². The van der Waals surface area contributed by atoms with Crippen molar-refractivity contribution >= 4 is 23.3 Å². The molecule has 8 heteroatoms. The molecule has 2 aromatic heterocycles. The molecule has 0 saturated heterocycles. The molecular formula is C12H15ClN6O. The lowest BCUT2D eigenvalue weighted by Gasteiger charge is -2.20. The largest absolute Gasteiger partial charge is 0.409 e. The Balaban J connectivity index is 2.31. The third-order valence-electron chi connectivity index (χ3n) is 2.92. The summed E-state index contributed by atoms with van der Waals surface area (Å²) in [6, 6.07) is 1.59. The van der Waals surface area contributed by atoms with Crippen LogP contribution in [0.5, 0.6) is 0 Å². The summed E-state index contributed by atoms with van der Waals surface area (Å²) in [6.07, 6.45) is 5.15. The van der Waals surface area contributed by atoms with Crippen molar-refractivity contribution in [1.82, 2.24) is 14.5 Å². The van der Waals surface area contributed by atoms with Gasteiger partial charge in [-0.2, -0.15) is 0 Å². The lowest BCUT2D eigenvalue weighted by Crippen LogP contribution is -2.22. The number of oxime groups is 1. The maximum atomic E-state index is 8.74. The lowest BCUT2D eigenvalue weighted by atomic mass is 10.2. The maximum Gasteiger partial charge on any atom is 0.171 e. The molecule has 0 aliphatic heterocycles. The van der Waals surface area contributed by atoms with Crippen LogP contribution in [0.2, 0.25) is 5.02 Å². The fraction of sp³-hybridized carbons (Fsp3) is 0.250. The highest BCUT2D eigenvalue weighted by Crippen LogP contribution is 2.26.